The molecule has 17 heavy (non-hydrogen) atoms. The Morgan fingerprint density at radius 3 is 2.59 bits per heavy atom. The highest BCUT2D eigenvalue weighted by Crippen LogP contribution is 2.03. The molecule has 0 aliphatic rings. The summed E-state index contributed by atoms with van der Waals surface area (Å²) in [6, 6.07) is -2.07. The number of carbonyl (C=O) groups is 2. The van der Waals surface area contributed by atoms with Gasteiger partial charge in [-0.05, 0) is 6.92 Å². The predicted molar refractivity (Wildman–Crippen MR) is 58.5 cm³/mol. The number of aliphatic hydroxyl groups is 1. The molecule has 0 spiro atoms. The molecule has 4 N–H and O–H groups in total. The third-order valence-electron chi connectivity index (χ3n) is 2.00. The summed E-state index contributed by atoms with van der Waals surface area (Å²) in [5, 5.41) is 26.3. The highest BCUT2D eigenvalue weighted by molar-refractivity contribution is 5.92. The van der Waals surface area contributed by atoms with Crippen molar-refractivity contribution >= 4 is 17.7 Å². The van der Waals surface area contributed by atoms with Gasteiger partial charge in [0, 0.05) is 13.2 Å². The molecule has 2 unspecified atom stereocenters. The Hall–Kier alpha value is -2.09. The van der Waals surface area contributed by atoms with Crippen LogP contribution in [0.2, 0.25) is 0 Å². The van der Waals surface area contributed by atoms with E-state index < -0.39 is 24.1 Å². The van der Waals surface area contributed by atoms with Crippen LogP contribution in [-0.4, -0.2) is 44.1 Å². The Morgan fingerprint density at radius 1 is 1.53 bits per heavy atom. The van der Waals surface area contributed by atoms with Gasteiger partial charge in [-0.25, -0.2) is 9.59 Å². The van der Waals surface area contributed by atoms with Crippen LogP contribution in [0, 0.1) is 0 Å². The van der Waals surface area contributed by atoms with Crippen LogP contribution >= 0.6 is 0 Å². The molecule has 2 amide bonds. The Kier molecular flexibility index (Phi) is 4.05. The standard InChI is InChI=1S/C9H14N4O4/c1-5(14)7(8(15)16)12-9(17)11-6-3-10-13(2)4-6/h3-5,7,14H,1-2H3,(H,15,16)(H2,11,12,17). The summed E-state index contributed by atoms with van der Waals surface area (Å²) in [5.74, 6) is -1.30. The van der Waals surface area contributed by atoms with E-state index in [2.05, 4.69) is 15.7 Å². The predicted octanol–water partition coefficient (Wildman–Crippen LogP) is -0.624. The minimum atomic E-state index is -1.35. The number of hydrogen-bond donors (Lipinski definition) is 4. The molecule has 8 heteroatoms. The number of urea groups is 1. The third kappa shape index (κ3) is 3.76. The van der Waals surface area contributed by atoms with E-state index in [1.807, 2.05) is 0 Å². The van der Waals surface area contributed by atoms with E-state index in [0.717, 1.165) is 0 Å². The quantitative estimate of drug-likeness (QED) is 0.561. The van der Waals surface area contributed by atoms with Crippen molar-refractivity contribution in [1.82, 2.24) is 15.1 Å². The Morgan fingerprint density at radius 2 is 2.18 bits per heavy atom. The minimum Gasteiger partial charge on any atom is -0.480 e. The summed E-state index contributed by atoms with van der Waals surface area (Å²) in [5.41, 5.74) is 0.430. The lowest BCUT2D eigenvalue weighted by Crippen LogP contribution is -2.49. The van der Waals surface area contributed by atoms with Crippen LogP contribution < -0.4 is 10.6 Å². The Labute approximate surface area is 97.2 Å². The van der Waals surface area contributed by atoms with Crippen LogP contribution in [0.5, 0.6) is 0 Å². The number of aromatic nitrogens is 2. The van der Waals surface area contributed by atoms with Gasteiger partial charge in [0.15, 0.2) is 6.04 Å². The van der Waals surface area contributed by atoms with Crippen molar-refractivity contribution in [1.29, 1.82) is 0 Å². The highest BCUT2D eigenvalue weighted by atomic mass is 16.4. The number of aliphatic carboxylic acids is 1. The molecular weight excluding hydrogens is 228 g/mol. The minimum absolute atomic E-state index is 0.430. The molecule has 0 aromatic carbocycles. The first-order valence-electron chi connectivity index (χ1n) is 4.87. The number of carboxylic acids is 1. The van der Waals surface area contributed by atoms with Gasteiger partial charge in [-0.15, -0.1) is 0 Å². The molecule has 0 saturated heterocycles. The SMILES string of the molecule is CC(O)C(NC(=O)Nc1cnn(C)c1)C(=O)O. The fraction of sp³-hybridized carbons (Fsp3) is 0.444. The van der Waals surface area contributed by atoms with Crippen LogP contribution in [0.25, 0.3) is 0 Å². The number of amides is 2. The van der Waals surface area contributed by atoms with E-state index in [0.29, 0.717) is 5.69 Å². The third-order valence-corrected chi connectivity index (χ3v) is 2.00. The van der Waals surface area contributed by atoms with Gasteiger partial charge in [-0.2, -0.15) is 5.10 Å². The van der Waals surface area contributed by atoms with Gasteiger partial charge in [0.1, 0.15) is 0 Å². The molecule has 0 saturated carbocycles. The maximum absolute atomic E-state index is 11.4. The van der Waals surface area contributed by atoms with Crippen molar-refractivity contribution < 1.29 is 19.8 Å². The number of aryl methyl sites for hydroxylation is 1. The molecule has 1 aromatic rings. The number of nitrogens with one attached hydrogen (secondary N) is 2. The molecule has 1 aromatic heterocycles. The maximum atomic E-state index is 11.4. The molecule has 0 radical (unpaired) electrons. The second-order valence-electron chi connectivity index (χ2n) is 3.56. The molecule has 0 bridgehead atoms. The summed E-state index contributed by atoms with van der Waals surface area (Å²) in [6.45, 7) is 1.28. The second-order valence-corrected chi connectivity index (χ2v) is 3.56. The topological polar surface area (TPSA) is 116 Å². The Balaban J connectivity index is 2.56. The number of carbonyl (C=O) groups excluding carboxylic acids is 1. The largest absolute Gasteiger partial charge is 0.480 e. The van der Waals surface area contributed by atoms with Crippen molar-refractivity contribution in [3.05, 3.63) is 12.4 Å². The summed E-state index contributed by atoms with van der Waals surface area (Å²) in [4.78, 5) is 22.1. The molecule has 0 aliphatic heterocycles. The van der Waals surface area contributed by atoms with Gasteiger partial charge in [0.05, 0.1) is 18.0 Å². The first-order chi connectivity index (χ1) is 7.90. The second kappa shape index (κ2) is 5.30. The van der Waals surface area contributed by atoms with Gasteiger partial charge < -0.3 is 20.8 Å². The zero-order chi connectivity index (χ0) is 13.0. The smallest absolute Gasteiger partial charge is 0.328 e. The zero-order valence-corrected chi connectivity index (χ0v) is 9.41. The maximum Gasteiger partial charge on any atom is 0.328 e. The molecule has 1 heterocycles. The molecule has 1 rings (SSSR count). The number of carboxylic acid groups (broad SMARTS) is 1. The summed E-state index contributed by atoms with van der Waals surface area (Å²) in [6.07, 6.45) is 1.78. The van der Waals surface area contributed by atoms with Crippen molar-refractivity contribution in [2.45, 2.75) is 19.1 Å². The molecule has 2 atom stereocenters. The first kappa shape index (κ1) is 13.0. The average Bonchev–Trinajstić information content (AvgIpc) is 2.59. The molecular formula is C9H14N4O4. The lowest BCUT2D eigenvalue weighted by Gasteiger charge is -2.16. The summed E-state index contributed by atoms with van der Waals surface area (Å²) in [7, 11) is 1.68. The van der Waals surface area contributed by atoms with E-state index in [-0.39, 0.29) is 0 Å². The Bertz CT molecular complexity index is 415. The van der Waals surface area contributed by atoms with Crippen molar-refractivity contribution in [3.8, 4) is 0 Å². The monoisotopic (exact) mass is 242 g/mol. The molecule has 94 valence electrons. The molecule has 0 fully saturated rings. The number of hydrogen-bond acceptors (Lipinski definition) is 4. The number of anilines is 1. The van der Waals surface area contributed by atoms with Crippen molar-refractivity contribution in [2.24, 2.45) is 7.05 Å². The van der Waals surface area contributed by atoms with Gasteiger partial charge in [0.25, 0.3) is 0 Å². The first-order valence-corrected chi connectivity index (χ1v) is 4.87. The van der Waals surface area contributed by atoms with Gasteiger partial charge in [-0.1, -0.05) is 0 Å². The van der Waals surface area contributed by atoms with Gasteiger partial charge in [-0.3, -0.25) is 4.68 Å². The average molecular weight is 242 g/mol. The molecule has 0 aliphatic carbocycles. The van der Waals surface area contributed by atoms with Crippen LogP contribution in [0.15, 0.2) is 12.4 Å². The summed E-state index contributed by atoms with van der Waals surface area (Å²) < 4.78 is 1.49. The lowest BCUT2D eigenvalue weighted by atomic mass is 10.2. The van der Waals surface area contributed by atoms with Crippen molar-refractivity contribution in [3.63, 3.8) is 0 Å². The zero-order valence-electron chi connectivity index (χ0n) is 9.41. The van der Waals surface area contributed by atoms with E-state index in [9.17, 15) is 9.59 Å². The fourth-order valence-corrected chi connectivity index (χ4v) is 1.18. The fourth-order valence-electron chi connectivity index (χ4n) is 1.18. The highest BCUT2D eigenvalue weighted by Gasteiger charge is 2.24. The van der Waals surface area contributed by atoms with Crippen LogP contribution in [0.4, 0.5) is 10.5 Å². The van der Waals surface area contributed by atoms with Gasteiger partial charge in [0.2, 0.25) is 0 Å². The number of nitrogens with zero attached hydrogens (tertiary/aromatic N) is 2. The van der Waals surface area contributed by atoms with Crippen molar-refractivity contribution in [2.75, 3.05) is 5.32 Å². The van der Waals surface area contributed by atoms with E-state index >= 15 is 0 Å². The molecule has 8 nitrogen and oxygen atoms in total. The van der Waals surface area contributed by atoms with Gasteiger partial charge >= 0.3 is 12.0 Å². The van der Waals surface area contributed by atoms with Crippen LogP contribution in [-0.2, 0) is 11.8 Å². The summed E-state index contributed by atoms with van der Waals surface area (Å²) >= 11 is 0. The lowest BCUT2D eigenvalue weighted by molar-refractivity contribution is -0.141. The normalized spacial score (nSPS) is 13.8. The number of rotatable bonds is 4. The van der Waals surface area contributed by atoms with E-state index in [1.54, 1.807) is 13.2 Å². The van der Waals surface area contributed by atoms with E-state index in [4.69, 9.17) is 10.2 Å². The van der Waals surface area contributed by atoms with Crippen LogP contribution in [0.1, 0.15) is 6.92 Å². The number of aliphatic hydroxyl groups excluding tert-OH is 1. The van der Waals surface area contributed by atoms with Crippen LogP contribution in [0.3, 0.4) is 0 Å². The van der Waals surface area contributed by atoms with E-state index in [1.165, 1.54) is 17.8 Å².